The first-order valence-corrected chi connectivity index (χ1v) is 11.8. The van der Waals surface area contributed by atoms with Gasteiger partial charge < -0.3 is 29.0 Å². The van der Waals surface area contributed by atoms with Crippen molar-refractivity contribution in [2.75, 3.05) is 6.54 Å². The quantitative estimate of drug-likeness (QED) is 0.292. The average Bonchev–Trinajstić information content (AvgIpc) is 3.28. The maximum atomic E-state index is 12.9. The van der Waals surface area contributed by atoms with Crippen LogP contribution in [0.1, 0.15) is 31.4 Å². The molecule has 0 saturated carbocycles. The van der Waals surface area contributed by atoms with Crippen LogP contribution in [0.25, 0.3) is 10.4 Å². The molecule has 2 aliphatic rings. The number of ether oxygens (including phenoxy) is 5. The number of benzene rings is 2. The largest absolute Gasteiger partial charge is 0.445 e. The Bertz CT molecular complexity index is 1130. The van der Waals surface area contributed by atoms with Crippen LogP contribution < -0.4 is 10.6 Å². The molecule has 2 fully saturated rings. The highest BCUT2D eigenvalue weighted by atomic mass is 16.8. The van der Waals surface area contributed by atoms with E-state index in [0.717, 1.165) is 11.1 Å². The molecule has 4 rings (SSSR count). The molecule has 0 aromatic heterocycles. The van der Waals surface area contributed by atoms with E-state index in [0.29, 0.717) is 0 Å². The summed E-state index contributed by atoms with van der Waals surface area (Å²) in [6.07, 6.45) is -3.13. The van der Waals surface area contributed by atoms with E-state index in [9.17, 15) is 9.59 Å². The molecule has 2 aromatic carbocycles. The third kappa shape index (κ3) is 6.49. The second kappa shape index (κ2) is 11.5. The standard InChI is InChI=1S/C25H29N5O7/c1-24(2)36-21-25(37-24,29-23(32)34-16-18-11-7-4-8-12-18)20(19(35-21)13-14-27-30-26)28-22(31)33-15-17-9-5-3-6-10-17/h3-12,19-21H,13-16H2,1-2H3,(H,28,31)(H,29,32)/t19-,20+,21-,25-/m1/s1. The molecule has 2 aliphatic heterocycles. The minimum atomic E-state index is -1.63. The lowest BCUT2D eigenvalue weighted by Crippen LogP contribution is -2.66. The number of carbonyl (C=O) groups is 2. The Labute approximate surface area is 213 Å². The van der Waals surface area contributed by atoms with E-state index in [4.69, 9.17) is 29.2 Å². The van der Waals surface area contributed by atoms with Crippen LogP contribution in [0.4, 0.5) is 9.59 Å². The van der Waals surface area contributed by atoms with Crippen molar-refractivity contribution in [2.24, 2.45) is 5.11 Å². The van der Waals surface area contributed by atoms with Crippen molar-refractivity contribution in [3.63, 3.8) is 0 Å². The van der Waals surface area contributed by atoms with Gasteiger partial charge in [0.1, 0.15) is 19.3 Å². The van der Waals surface area contributed by atoms with Gasteiger partial charge in [-0.3, -0.25) is 5.32 Å². The number of nitrogens with zero attached hydrogens (tertiary/aromatic N) is 3. The van der Waals surface area contributed by atoms with E-state index in [2.05, 4.69) is 20.7 Å². The van der Waals surface area contributed by atoms with Crippen molar-refractivity contribution in [3.8, 4) is 0 Å². The van der Waals surface area contributed by atoms with Crippen molar-refractivity contribution in [3.05, 3.63) is 82.2 Å². The van der Waals surface area contributed by atoms with Gasteiger partial charge in [-0.1, -0.05) is 65.8 Å². The maximum Gasteiger partial charge on any atom is 0.409 e. The number of nitrogens with one attached hydrogen (secondary N) is 2. The van der Waals surface area contributed by atoms with Crippen molar-refractivity contribution in [1.29, 1.82) is 0 Å². The number of amides is 2. The Hall–Kier alpha value is -3.83. The maximum absolute atomic E-state index is 12.9. The first-order chi connectivity index (χ1) is 17.8. The highest BCUT2D eigenvalue weighted by molar-refractivity contribution is 5.70. The fourth-order valence-electron chi connectivity index (χ4n) is 4.31. The number of carbonyl (C=O) groups excluding carboxylic acids is 2. The predicted molar refractivity (Wildman–Crippen MR) is 130 cm³/mol. The summed E-state index contributed by atoms with van der Waals surface area (Å²) in [6.45, 7) is 3.47. The second-order valence-corrected chi connectivity index (χ2v) is 9.03. The van der Waals surface area contributed by atoms with Crippen LogP contribution in [0.3, 0.4) is 0 Å². The van der Waals surface area contributed by atoms with Gasteiger partial charge in [0.2, 0.25) is 12.0 Å². The number of fused-ring (bicyclic) bond motifs is 1. The van der Waals surface area contributed by atoms with E-state index in [1.807, 2.05) is 60.7 Å². The van der Waals surface area contributed by atoms with Gasteiger partial charge in [-0.15, -0.1) is 0 Å². The Kier molecular flexibility index (Phi) is 8.14. The van der Waals surface area contributed by atoms with Gasteiger partial charge in [0.25, 0.3) is 0 Å². The van der Waals surface area contributed by atoms with Gasteiger partial charge in [0.15, 0.2) is 5.79 Å². The highest BCUT2D eigenvalue weighted by Crippen LogP contribution is 2.45. The number of hydrogen-bond acceptors (Lipinski definition) is 8. The number of alkyl carbamates (subject to hydrolysis) is 2. The Morgan fingerprint density at radius 2 is 1.59 bits per heavy atom. The normalized spacial score (nSPS) is 25.4. The van der Waals surface area contributed by atoms with E-state index < -0.39 is 42.1 Å². The van der Waals surface area contributed by atoms with Crippen molar-refractivity contribution >= 4 is 12.2 Å². The van der Waals surface area contributed by atoms with E-state index in [-0.39, 0.29) is 26.2 Å². The Balaban J connectivity index is 1.52. The summed E-state index contributed by atoms with van der Waals surface area (Å²) in [5.74, 6) is -1.15. The zero-order chi connectivity index (χ0) is 26.3. The van der Waals surface area contributed by atoms with Crippen LogP contribution in [-0.4, -0.2) is 48.7 Å². The molecule has 2 saturated heterocycles. The minimum absolute atomic E-state index is 0.0239. The molecular formula is C25H29N5O7. The summed E-state index contributed by atoms with van der Waals surface area (Å²) in [6, 6.07) is 17.4. The van der Waals surface area contributed by atoms with E-state index in [1.165, 1.54) is 0 Å². The molecule has 0 spiro atoms. The fourth-order valence-corrected chi connectivity index (χ4v) is 4.31. The van der Waals surface area contributed by atoms with E-state index >= 15 is 0 Å². The fraction of sp³-hybridized carbons (Fsp3) is 0.440. The molecule has 2 N–H and O–H groups in total. The molecule has 2 aromatic rings. The monoisotopic (exact) mass is 511 g/mol. The van der Waals surface area contributed by atoms with Gasteiger partial charge in [-0.05, 0) is 36.9 Å². The first-order valence-electron chi connectivity index (χ1n) is 11.8. The summed E-state index contributed by atoms with van der Waals surface area (Å²) >= 11 is 0. The molecule has 0 unspecified atom stereocenters. The van der Waals surface area contributed by atoms with Crippen molar-refractivity contribution < 1.29 is 33.3 Å². The lowest BCUT2D eigenvalue weighted by molar-refractivity contribution is -0.211. The number of azide groups is 1. The van der Waals surface area contributed by atoms with Crippen LogP contribution in [0, 0.1) is 0 Å². The predicted octanol–water partition coefficient (Wildman–Crippen LogP) is 4.11. The third-order valence-electron chi connectivity index (χ3n) is 5.86. The summed E-state index contributed by atoms with van der Waals surface area (Å²) in [4.78, 5) is 28.5. The molecule has 4 atom stereocenters. The topological polar surface area (TPSA) is 153 Å². The van der Waals surface area contributed by atoms with Crippen molar-refractivity contribution in [1.82, 2.24) is 10.6 Å². The molecule has 2 amide bonds. The summed E-state index contributed by atoms with van der Waals surface area (Å²) < 4.78 is 28.9. The van der Waals surface area contributed by atoms with Gasteiger partial charge in [-0.25, -0.2) is 9.59 Å². The zero-order valence-corrected chi connectivity index (χ0v) is 20.5. The highest BCUT2D eigenvalue weighted by Gasteiger charge is 2.67. The minimum Gasteiger partial charge on any atom is -0.445 e. The van der Waals surface area contributed by atoms with Crippen LogP contribution in [0.15, 0.2) is 65.8 Å². The Morgan fingerprint density at radius 1 is 1.00 bits per heavy atom. The van der Waals surface area contributed by atoms with Crippen LogP contribution in [-0.2, 0) is 36.9 Å². The Morgan fingerprint density at radius 3 is 2.19 bits per heavy atom. The van der Waals surface area contributed by atoms with Crippen LogP contribution in [0.5, 0.6) is 0 Å². The van der Waals surface area contributed by atoms with Crippen LogP contribution in [0.2, 0.25) is 0 Å². The molecule has 2 heterocycles. The third-order valence-corrected chi connectivity index (χ3v) is 5.86. The molecule has 0 radical (unpaired) electrons. The lowest BCUT2D eigenvalue weighted by atomic mass is 9.99. The second-order valence-electron chi connectivity index (χ2n) is 9.03. The molecule has 37 heavy (non-hydrogen) atoms. The van der Waals surface area contributed by atoms with Gasteiger partial charge in [0.05, 0.1) is 6.10 Å². The first kappa shape index (κ1) is 26.2. The molecule has 12 heteroatoms. The number of rotatable bonds is 9. The molecule has 12 nitrogen and oxygen atoms in total. The summed E-state index contributed by atoms with van der Waals surface area (Å²) in [5.41, 5.74) is 8.65. The van der Waals surface area contributed by atoms with Crippen molar-refractivity contribution in [2.45, 2.75) is 63.4 Å². The summed E-state index contributed by atoms with van der Waals surface area (Å²) in [7, 11) is 0. The van der Waals surface area contributed by atoms with Gasteiger partial charge >= 0.3 is 12.2 Å². The smallest absolute Gasteiger partial charge is 0.409 e. The number of hydrogen-bond donors (Lipinski definition) is 2. The molecule has 0 bridgehead atoms. The van der Waals surface area contributed by atoms with Gasteiger partial charge in [-0.2, -0.15) is 0 Å². The van der Waals surface area contributed by atoms with Crippen LogP contribution >= 0.6 is 0 Å². The average molecular weight is 512 g/mol. The SMILES string of the molecule is CC1(C)O[C@H]2O[C@H](CCN=[N+]=[N-])[C@H](NC(=O)OCc3ccccc3)[C@@]2(NC(=O)OCc2ccccc2)O1. The zero-order valence-electron chi connectivity index (χ0n) is 20.5. The molecule has 0 aliphatic carbocycles. The molecular weight excluding hydrogens is 482 g/mol. The summed E-state index contributed by atoms with van der Waals surface area (Å²) in [5, 5.41) is 9.04. The lowest BCUT2D eigenvalue weighted by Gasteiger charge is -2.34. The van der Waals surface area contributed by atoms with E-state index in [1.54, 1.807) is 13.8 Å². The molecule has 196 valence electrons. The van der Waals surface area contributed by atoms with Gasteiger partial charge in [0, 0.05) is 11.5 Å².